The maximum Gasteiger partial charge on any atom is 0.194 e. The van der Waals surface area contributed by atoms with Gasteiger partial charge in [0.05, 0.1) is 3.79 Å². The zero-order valence-electron chi connectivity index (χ0n) is 9.88. The van der Waals surface area contributed by atoms with Gasteiger partial charge in [-0.3, -0.25) is 4.79 Å². The van der Waals surface area contributed by atoms with Gasteiger partial charge in [0.15, 0.2) is 5.78 Å². The number of nitrogens with two attached hydrogens (primary N) is 1. The van der Waals surface area contributed by atoms with Crippen LogP contribution in [-0.4, -0.2) is 5.78 Å². The van der Waals surface area contributed by atoms with Gasteiger partial charge in [-0.2, -0.15) is 0 Å². The first-order valence-corrected chi connectivity index (χ1v) is 6.87. The van der Waals surface area contributed by atoms with E-state index in [0.29, 0.717) is 16.8 Å². The maximum absolute atomic E-state index is 13.6. The van der Waals surface area contributed by atoms with Crippen LogP contribution in [0, 0.1) is 19.7 Å². The molecule has 2 rings (SSSR count). The fourth-order valence-corrected chi connectivity index (χ4v) is 3.35. The molecule has 2 N–H and O–H groups in total. The number of anilines is 1. The van der Waals surface area contributed by atoms with Crippen molar-refractivity contribution in [1.82, 2.24) is 0 Å². The van der Waals surface area contributed by atoms with Crippen molar-refractivity contribution in [2.45, 2.75) is 13.8 Å². The average Bonchev–Trinajstić information content (AvgIpc) is 2.63. The highest BCUT2D eigenvalue weighted by molar-refractivity contribution is 9.11. The molecule has 0 saturated carbocycles. The lowest BCUT2D eigenvalue weighted by Gasteiger charge is -2.06. The second-order valence-electron chi connectivity index (χ2n) is 4.02. The Morgan fingerprint density at radius 3 is 2.50 bits per heavy atom. The van der Waals surface area contributed by atoms with Crippen molar-refractivity contribution >= 4 is 38.7 Å². The number of rotatable bonds is 2. The minimum absolute atomic E-state index is 0.208. The molecular formula is C13H11BrFNOS. The van der Waals surface area contributed by atoms with Crippen LogP contribution in [-0.2, 0) is 0 Å². The third-order valence-corrected chi connectivity index (χ3v) is 4.33. The number of carbonyl (C=O) groups is 1. The van der Waals surface area contributed by atoms with Crippen LogP contribution in [0.2, 0.25) is 0 Å². The van der Waals surface area contributed by atoms with E-state index < -0.39 is 5.82 Å². The zero-order valence-corrected chi connectivity index (χ0v) is 12.3. The van der Waals surface area contributed by atoms with E-state index in [9.17, 15) is 9.18 Å². The first-order chi connectivity index (χ1) is 8.40. The Hall–Kier alpha value is -1.20. The molecular weight excluding hydrogens is 317 g/mol. The van der Waals surface area contributed by atoms with E-state index in [1.807, 2.05) is 6.92 Å². The van der Waals surface area contributed by atoms with E-state index in [4.69, 9.17) is 5.73 Å². The third kappa shape index (κ3) is 2.33. The highest BCUT2D eigenvalue weighted by Gasteiger charge is 2.17. The van der Waals surface area contributed by atoms with Gasteiger partial charge in [-0.05, 0) is 48.0 Å². The summed E-state index contributed by atoms with van der Waals surface area (Å²) in [5.41, 5.74) is 7.21. The Morgan fingerprint density at radius 2 is 2.00 bits per heavy atom. The van der Waals surface area contributed by atoms with E-state index in [1.165, 1.54) is 23.5 Å². The standard InChI is InChI=1S/C13H11BrFNOS/c1-6-10(15)3-8(4-11(6)16)13(17)9-5-12(14)18-7(9)2/h3-5H,16H2,1-2H3. The molecule has 0 atom stereocenters. The molecule has 2 aromatic rings. The Labute approximate surface area is 117 Å². The molecule has 0 fully saturated rings. The third-order valence-electron chi connectivity index (χ3n) is 2.78. The number of thiophene rings is 1. The van der Waals surface area contributed by atoms with E-state index in [0.717, 1.165) is 8.66 Å². The van der Waals surface area contributed by atoms with Crippen molar-refractivity contribution in [1.29, 1.82) is 0 Å². The molecule has 1 aromatic heterocycles. The molecule has 0 amide bonds. The van der Waals surface area contributed by atoms with Crippen LogP contribution >= 0.6 is 27.3 Å². The molecule has 1 aromatic carbocycles. The van der Waals surface area contributed by atoms with E-state index in [1.54, 1.807) is 13.0 Å². The summed E-state index contributed by atoms with van der Waals surface area (Å²) in [6.45, 7) is 3.45. The van der Waals surface area contributed by atoms with Crippen molar-refractivity contribution in [2.24, 2.45) is 0 Å². The van der Waals surface area contributed by atoms with E-state index in [2.05, 4.69) is 15.9 Å². The van der Waals surface area contributed by atoms with Gasteiger partial charge in [-0.25, -0.2) is 4.39 Å². The average molecular weight is 328 g/mol. The molecule has 0 unspecified atom stereocenters. The summed E-state index contributed by atoms with van der Waals surface area (Å²) in [5, 5.41) is 0. The Bertz CT molecular complexity index is 613. The van der Waals surface area contributed by atoms with Gasteiger partial charge in [0.25, 0.3) is 0 Å². The van der Waals surface area contributed by atoms with Gasteiger partial charge in [-0.1, -0.05) is 0 Å². The predicted molar refractivity (Wildman–Crippen MR) is 75.7 cm³/mol. The largest absolute Gasteiger partial charge is 0.398 e. The van der Waals surface area contributed by atoms with Gasteiger partial charge >= 0.3 is 0 Å². The molecule has 94 valence electrons. The van der Waals surface area contributed by atoms with Gasteiger partial charge in [0.2, 0.25) is 0 Å². The summed E-state index contributed by atoms with van der Waals surface area (Å²) in [6, 6.07) is 4.50. The molecule has 1 heterocycles. The molecule has 0 aliphatic heterocycles. The Kier molecular flexibility index (Phi) is 3.54. The Balaban J connectivity index is 2.50. The van der Waals surface area contributed by atoms with Gasteiger partial charge < -0.3 is 5.73 Å². The summed E-state index contributed by atoms with van der Waals surface area (Å²) in [4.78, 5) is 13.2. The van der Waals surface area contributed by atoms with Gasteiger partial charge in [-0.15, -0.1) is 11.3 Å². The fourth-order valence-electron chi connectivity index (χ4n) is 1.66. The zero-order chi connectivity index (χ0) is 13.4. The molecule has 0 saturated heterocycles. The van der Waals surface area contributed by atoms with Crippen LogP contribution in [0.3, 0.4) is 0 Å². The molecule has 0 aliphatic rings. The van der Waals surface area contributed by atoms with Gasteiger partial charge in [0, 0.05) is 27.3 Å². The Morgan fingerprint density at radius 1 is 1.33 bits per heavy atom. The summed E-state index contributed by atoms with van der Waals surface area (Å²) < 4.78 is 14.5. The lowest BCUT2D eigenvalue weighted by molar-refractivity contribution is 0.103. The maximum atomic E-state index is 13.6. The van der Waals surface area contributed by atoms with E-state index in [-0.39, 0.29) is 11.3 Å². The molecule has 18 heavy (non-hydrogen) atoms. The number of ketones is 1. The summed E-state index contributed by atoms with van der Waals surface area (Å²) >= 11 is 4.81. The normalized spacial score (nSPS) is 10.7. The summed E-state index contributed by atoms with van der Waals surface area (Å²) in [7, 11) is 0. The van der Waals surface area contributed by atoms with E-state index >= 15 is 0 Å². The number of hydrogen-bond donors (Lipinski definition) is 1. The first-order valence-electron chi connectivity index (χ1n) is 5.26. The number of halogens is 2. The van der Waals surface area contributed by atoms with Crippen molar-refractivity contribution in [2.75, 3.05) is 5.73 Å². The second-order valence-corrected chi connectivity index (χ2v) is 6.66. The molecule has 0 bridgehead atoms. The molecule has 0 radical (unpaired) electrons. The van der Waals surface area contributed by atoms with Crippen LogP contribution in [0.4, 0.5) is 10.1 Å². The lowest BCUT2D eigenvalue weighted by Crippen LogP contribution is -2.05. The van der Waals surface area contributed by atoms with Crippen molar-refractivity contribution in [3.05, 3.63) is 49.4 Å². The molecule has 5 heteroatoms. The van der Waals surface area contributed by atoms with Crippen LogP contribution in [0.15, 0.2) is 22.0 Å². The van der Waals surface area contributed by atoms with Crippen molar-refractivity contribution < 1.29 is 9.18 Å². The fraction of sp³-hybridized carbons (Fsp3) is 0.154. The summed E-state index contributed by atoms with van der Waals surface area (Å²) in [6.07, 6.45) is 0. The number of nitrogen functional groups attached to an aromatic ring is 1. The highest BCUT2D eigenvalue weighted by Crippen LogP contribution is 2.29. The molecule has 2 nitrogen and oxygen atoms in total. The SMILES string of the molecule is Cc1sc(Br)cc1C(=O)c1cc(N)c(C)c(F)c1. The first kappa shape index (κ1) is 13.2. The van der Waals surface area contributed by atoms with Crippen LogP contribution in [0.1, 0.15) is 26.4 Å². The van der Waals surface area contributed by atoms with Crippen molar-refractivity contribution in [3.63, 3.8) is 0 Å². The number of benzene rings is 1. The number of aryl methyl sites for hydroxylation is 1. The number of hydrogen-bond acceptors (Lipinski definition) is 3. The highest BCUT2D eigenvalue weighted by atomic mass is 79.9. The number of carbonyl (C=O) groups excluding carboxylic acids is 1. The van der Waals surface area contributed by atoms with Crippen LogP contribution in [0.5, 0.6) is 0 Å². The van der Waals surface area contributed by atoms with Crippen LogP contribution in [0.25, 0.3) is 0 Å². The summed E-state index contributed by atoms with van der Waals surface area (Å²) in [5.74, 6) is -0.662. The smallest absolute Gasteiger partial charge is 0.194 e. The molecule has 0 spiro atoms. The minimum Gasteiger partial charge on any atom is -0.398 e. The molecule has 0 aliphatic carbocycles. The topological polar surface area (TPSA) is 43.1 Å². The quantitative estimate of drug-likeness (QED) is 0.667. The van der Waals surface area contributed by atoms with Gasteiger partial charge in [0.1, 0.15) is 5.82 Å². The monoisotopic (exact) mass is 327 g/mol. The second kappa shape index (κ2) is 4.82. The van der Waals surface area contributed by atoms with Crippen molar-refractivity contribution in [3.8, 4) is 0 Å². The lowest BCUT2D eigenvalue weighted by atomic mass is 10.0. The predicted octanol–water partition coefficient (Wildman–Crippen LogP) is 4.08. The van der Waals surface area contributed by atoms with Crippen LogP contribution < -0.4 is 5.73 Å². The minimum atomic E-state index is -0.453.